The van der Waals surface area contributed by atoms with Crippen LogP contribution in [0.4, 0.5) is 0 Å². The third kappa shape index (κ3) is 3.92. The fraction of sp³-hybridized carbons (Fsp3) is 0.241. The Labute approximate surface area is 210 Å². The third-order valence-electron chi connectivity index (χ3n) is 6.94. The van der Waals surface area contributed by atoms with Crippen LogP contribution in [0.1, 0.15) is 35.4 Å². The molecule has 170 valence electrons. The predicted octanol–water partition coefficient (Wildman–Crippen LogP) is 7.31. The van der Waals surface area contributed by atoms with E-state index in [-0.39, 0.29) is 0 Å². The monoisotopic (exact) mass is 485 g/mol. The minimum absolute atomic E-state index is 0.668. The van der Waals surface area contributed by atoms with Gasteiger partial charge in [0.25, 0.3) is 0 Å². The predicted molar refractivity (Wildman–Crippen MR) is 140 cm³/mol. The first-order chi connectivity index (χ1) is 16.7. The minimum Gasteiger partial charge on any atom is -0.312 e. The summed E-state index contributed by atoms with van der Waals surface area (Å²) in [6, 6.07) is 20.7. The summed E-state index contributed by atoms with van der Waals surface area (Å²) in [5.41, 5.74) is 10.5. The van der Waals surface area contributed by atoms with Gasteiger partial charge < -0.3 is 5.32 Å². The summed E-state index contributed by atoms with van der Waals surface area (Å²) in [6.07, 6.45) is 5.54. The number of aromatic nitrogens is 2. The lowest BCUT2D eigenvalue weighted by molar-refractivity contribution is 0.631. The van der Waals surface area contributed by atoms with Crippen LogP contribution in [0.2, 0.25) is 10.0 Å². The largest absolute Gasteiger partial charge is 0.312 e. The van der Waals surface area contributed by atoms with E-state index in [0.717, 1.165) is 71.7 Å². The molecule has 2 aliphatic rings. The molecule has 0 saturated heterocycles. The first-order valence-electron chi connectivity index (χ1n) is 12.0. The Morgan fingerprint density at radius 2 is 1.15 bits per heavy atom. The van der Waals surface area contributed by atoms with Gasteiger partial charge in [-0.2, -0.15) is 0 Å². The second kappa shape index (κ2) is 9.14. The quantitative estimate of drug-likeness (QED) is 0.330. The maximum absolute atomic E-state index is 7.00. The number of hydrogen-bond acceptors (Lipinski definition) is 3. The van der Waals surface area contributed by atoms with Crippen LogP contribution < -0.4 is 5.32 Å². The Kier molecular flexibility index (Phi) is 5.86. The number of pyridine rings is 2. The van der Waals surface area contributed by atoms with Gasteiger partial charge in [0.1, 0.15) is 0 Å². The molecular weight excluding hydrogens is 461 g/mol. The number of halogens is 2. The van der Waals surface area contributed by atoms with Crippen molar-refractivity contribution in [2.45, 2.75) is 38.6 Å². The van der Waals surface area contributed by atoms with Crippen molar-refractivity contribution in [2.24, 2.45) is 0 Å². The topological polar surface area (TPSA) is 37.8 Å². The van der Waals surface area contributed by atoms with Crippen molar-refractivity contribution >= 4 is 23.2 Å². The van der Waals surface area contributed by atoms with Crippen molar-refractivity contribution in [1.82, 2.24) is 15.3 Å². The molecule has 2 aromatic carbocycles. The Hall–Kier alpha value is -2.72. The maximum Gasteiger partial charge on any atom is 0.0720 e. The fourth-order valence-electron chi connectivity index (χ4n) is 5.10. The Morgan fingerprint density at radius 1 is 0.588 bits per heavy atom. The molecule has 4 aromatic rings. The highest BCUT2D eigenvalue weighted by molar-refractivity contribution is 6.39. The Morgan fingerprint density at radius 3 is 1.82 bits per heavy atom. The molecule has 1 N–H and O–H groups in total. The SMILES string of the molecule is Clc1c(-c2ccc3c(n2)CCCC3)cccc1-c1cccc(-c2ccc3c(n2)CCNC3)c1Cl. The lowest BCUT2D eigenvalue weighted by Gasteiger charge is -2.18. The summed E-state index contributed by atoms with van der Waals surface area (Å²) in [4.78, 5) is 9.92. The normalized spacial score (nSPS) is 15.0. The molecule has 0 saturated carbocycles. The van der Waals surface area contributed by atoms with Crippen LogP contribution in [0.3, 0.4) is 0 Å². The van der Waals surface area contributed by atoms with E-state index in [0.29, 0.717) is 10.0 Å². The number of fused-ring (bicyclic) bond motifs is 2. The van der Waals surface area contributed by atoms with E-state index in [1.807, 2.05) is 36.4 Å². The van der Waals surface area contributed by atoms with Crippen LogP contribution in [0.5, 0.6) is 0 Å². The molecule has 3 nitrogen and oxygen atoms in total. The molecule has 6 rings (SSSR count). The highest BCUT2D eigenvalue weighted by Gasteiger charge is 2.19. The zero-order valence-electron chi connectivity index (χ0n) is 18.9. The van der Waals surface area contributed by atoms with Crippen molar-refractivity contribution < 1.29 is 0 Å². The molecule has 3 heterocycles. The molecule has 1 aliphatic carbocycles. The average molecular weight is 486 g/mol. The first-order valence-corrected chi connectivity index (χ1v) is 12.7. The van der Waals surface area contributed by atoms with Gasteiger partial charge in [-0.15, -0.1) is 0 Å². The Bertz CT molecular complexity index is 1290. The van der Waals surface area contributed by atoms with Crippen molar-refractivity contribution in [3.63, 3.8) is 0 Å². The number of benzene rings is 2. The number of nitrogens with one attached hydrogen (secondary N) is 1. The van der Waals surface area contributed by atoms with Gasteiger partial charge in [-0.1, -0.05) is 71.7 Å². The Balaban J connectivity index is 1.42. The summed E-state index contributed by atoms with van der Waals surface area (Å²) in [7, 11) is 0. The first kappa shape index (κ1) is 21.8. The molecule has 1 aliphatic heterocycles. The fourth-order valence-corrected chi connectivity index (χ4v) is 5.74. The molecule has 0 spiro atoms. The number of aryl methyl sites for hydroxylation is 2. The minimum atomic E-state index is 0.668. The summed E-state index contributed by atoms with van der Waals surface area (Å²) < 4.78 is 0. The molecule has 2 aromatic heterocycles. The highest BCUT2D eigenvalue weighted by Crippen LogP contribution is 2.42. The van der Waals surface area contributed by atoms with E-state index in [9.17, 15) is 0 Å². The summed E-state index contributed by atoms with van der Waals surface area (Å²) >= 11 is 14.0. The van der Waals surface area contributed by atoms with Gasteiger partial charge in [0.2, 0.25) is 0 Å². The van der Waals surface area contributed by atoms with Gasteiger partial charge in [-0.05, 0) is 48.9 Å². The molecule has 0 fully saturated rings. The molecule has 0 radical (unpaired) electrons. The third-order valence-corrected chi connectivity index (χ3v) is 7.75. The summed E-state index contributed by atoms with van der Waals surface area (Å²) in [5.74, 6) is 0. The number of rotatable bonds is 3. The van der Waals surface area contributed by atoms with Crippen molar-refractivity contribution in [2.75, 3.05) is 6.54 Å². The zero-order chi connectivity index (χ0) is 23.1. The van der Waals surface area contributed by atoms with Gasteiger partial charge in [0, 0.05) is 53.2 Å². The summed E-state index contributed by atoms with van der Waals surface area (Å²) in [6.45, 7) is 1.83. The molecule has 34 heavy (non-hydrogen) atoms. The lowest BCUT2D eigenvalue weighted by Crippen LogP contribution is -2.24. The molecule has 5 heteroatoms. The van der Waals surface area contributed by atoms with Crippen LogP contribution in [-0.2, 0) is 25.8 Å². The van der Waals surface area contributed by atoms with Gasteiger partial charge in [-0.3, -0.25) is 9.97 Å². The van der Waals surface area contributed by atoms with E-state index in [1.54, 1.807) is 0 Å². The second-order valence-corrected chi connectivity index (χ2v) is 9.83. The number of nitrogens with zero attached hydrogens (tertiary/aromatic N) is 2. The van der Waals surface area contributed by atoms with E-state index in [1.165, 1.54) is 29.7 Å². The van der Waals surface area contributed by atoms with E-state index in [2.05, 4.69) is 29.6 Å². The maximum atomic E-state index is 7.00. The van der Waals surface area contributed by atoms with Gasteiger partial charge in [-0.25, -0.2) is 0 Å². The van der Waals surface area contributed by atoms with E-state index < -0.39 is 0 Å². The van der Waals surface area contributed by atoms with Crippen molar-refractivity contribution in [1.29, 1.82) is 0 Å². The number of hydrogen-bond donors (Lipinski definition) is 1. The van der Waals surface area contributed by atoms with Crippen LogP contribution in [0.15, 0.2) is 60.7 Å². The molecule has 0 atom stereocenters. The van der Waals surface area contributed by atoms with E-state index >= 15 is 0 Å². The highest BCUT2D eigenvalue weighted by atomic mass is 35.5. The lowest BCUT2D eigenvalue weighted by atomic mass is 9.94. The van der Waals surface area contributed by atoms with Crippen LogP contribution in [0.25, 0.3) is 33.6 Å². The van der Waals surface area contributed by atoms with Crippen molar-refractivity contribution in [3.8, 4) is 33.6 Å². The molecule has 0 unspecified atom stereocenters. The molecule has 0 bridgehead atoms. The molecular formula is C29H25Cl2N3. The molecule has 0 amide bonds. The van der Waals surface area contributed by atoms with Crippen molar-refractivity contribution in [3.05, 3.63) is 93.2 Å². The van der Waals surface area contributed by atoms with Gasteiger partial charge in [0.05, 0.1) is 21.4 Å². The van der Waals surface area contributed by atoms with Gasteiger partial charge in [0.15, 0.2) is 0 Å². The van der Waals surface area contributed by atoms with Crippen LogP contribution >= 0.6 is 23.2 Å². The van der Waals surface area contributed by atoms with Crippen LogP contribution in [-0.4, -0.2) is 16.5 Å². The smallest absolute Gasteiger partial charge is 0.0720 e. The zero-order valence-corrected chi connectivity index (χ0v) is 20.4. The van der Waals surface area contributed by atoms with Gasteiger partial charge >= 0.3 is 0 Å². The van der Waals surface area contributed by atoms with E-state index in [4.69, 9.17) is 33.2 Å². The van der Waals surface area contributed by atoms with Crippen LogP contribution in [0, 0.1) is 0 Å². The average Bonchev–Trinajstić information content (AvgIpc) is 2.89. The standard InChI is InChI=1S/C29H25Cl2N3/c30-28-20(6-3-8-22(28)26-13-11-18-5-1-2-10-24(18)33-26)21-7-4-9-23(29(21)31)27-14-12-19-17-32-16-15-25(19)34-27/h3-4,6-9,11-14,32H,1-2,5,10,15-17H2. The summed E-state index contributed by atoms with van der Waals surface area (Å²) in [5, 5.41) is 4.74. The second-order valence-electron chi connectivity index (χ2n) is 9.07.